The Morgan fingerprint density at radius 2 is 2.07 bits per heavy atom. The zero-order valence-corrected chi connectivity index (χ0v) is 10.3. The predicted molar refractivity (Wildman–Crippen MR) is 60.9 cm³/mol. The number of carbonyl (C=O) groups is 1. The summed E-state index contributed by atoms with van der Waals surface area (Å²) in [4.78, 5) is 13.2. The van der Waals surface area contributed by atoms with Crippen LogP contribution in [0.2, 0.25) is 0 Å². The molecule has 0 aliphatic heterocycles. The molecule has 0 aromatic rings. The van der Waals surface area contributed by atoms with Crippen molar-refractivity contribution >= 4 is 5.97 Å². The van der Waals surface area contributed by atoms with Crippen LogP contribution >= 0.6 is 0 Å². The van der Waals surface area contributed by atoms with Crippen LogP contribution in [0.5, 0.6) is 0 Å². The summed E-state index contributed by atoms with van der Waals surface area (Å²) < 4.78 is 0. The number of hydrogen-bond acceptors (Lipinski definition) is 2. The zero-order valence-electron chi connectivity index (χ0n) is 10.3. The Morgan fingerprint density at radius 1 is 1.47 bits per heavy atom. The van der Waals surface area contributed by atoms with Gasteiger partial charge in [-0.3, -0.25) is 9.69 Å². The number of aliphatic carboxylic acids is 1. The number of rotatable bonds is 4. The molecule has 0 amide bonds. The summed E-state index contributed by atoms with van der Waals surface area (Å²) in [6.07, 6.45) is 4.79. The number of nitrogens with zero attached hydrogens (tertiary/aromatic N) is 1. The first kappa shape index (κ1) is 12.5. The molecule has 15 heavy (non-hydrogen) atoms. The highest BCUT2D eigenvalue weighted by molar-refractivity contribution is 5.77. The van der Waals surface area contributed by atoms with Crippen molar-refractivity contribution in [1.82, 2.24) is 4.90 Å². The van der Waals surface area contributed by atoms with E-state index in [1.807, 2.05) is 7.05 Å². The summed E-state index contributed by atoms with van der Waals surface area (Å²) in [6.45, 7) is 5.78. The van der Waals surface area contributed by atoms with Crippen LogP contribution < -0.4 is 0 Å². The molecule has 0 spiro atoms. The van der Waals surface area contributed by atoms with E-state index in [1.54, 1.807) is 13.8 Å². The van der Waals surface area contributed by atoms with E-state index in [0.29, 0.717) is 12.0 Å². The van der Waals surface area contributed by atoms with Crippen LogP contribution in [-0.4, -0.2) is 34.6 Å². The summed E-state index contributed by atoms with van der Waals surface area (Å²) >= 11 is 0. The van der Waals surface area contributed by atoms with Crippen LogP contribution in [0.3, 0.4) is 0 Å². The van der Waals surface area contributed by atoms with Crippen molar-refractivity contribution in [2.24, 2.45) is 5.92 Å². The standard InChI is InChI=1S/C12H23NO2/c1-5-9-7-6-8-10(9)13(4)12(2,3)11(14)15/h9-10H,5-8H2,1-4H3,(H,14,15). The van der Waals surface area contributed by atoms with E-state index in [0.717, 1.165) is 12.8 Å². The lowest BCUT2D eigenvalue weighted by atomic mass is 9.94. The number of carboxylic acid groups (broad SMARTS) is 1. The van der Waals surface area contributed by atoms with Crippen molar-refractivity contribution in [2.75, 3.05) is 7.05 Å². The van der Waals surface area contributed by atoms with E-state index in [4.69, 9.17) is 0 Å². The summed E-state index contributed by atoms with van der Waals surface area (Å²) in [5, 5.41) is 9.19. The van der Waals surface area contributed by atoms with Crippen LogP contribution in [0.25, 0.3) is 0 Å². The van der Waals surface area contributed by atoms with Crippen LogP contribution in [0, 0.1) is 5.92 Å². The van der Waals surface area contributed by atoms with Gasteiger partial charge in [-0.15, -0.1) is 0 Å². The lowest BCUT2D eigenvalue weighted by Crippen LogP contribution is -2.53. The van der Waals surface area contributed by atoms with Crippen LogP contribution in [0.15, 0.2) is 0 Å². The van der Waals surface area contributed by atoms with Gasteiger partial charge in [-0.05, 0) is 39.7 Å². The highest BCUT2D eigenvalue weighted by atomic mass is 16.4. The van der Waals surface area contributed by atoms with Crippen molar-refractivity contribution in [3.8, 4) is 0 Å². The zero-order chi connectivity index (χ0) is 11.6. The largest absolute Gasteiger partial charge is 0.480 e. The molecule has 2 atom stereocenters. The van der Waals surface area contributed by atoms with E-state index in [2.05, 4.69) is 11.8 Å². The molecule has 0 aromatic heterocycles. The summed E-state index contributed by atoms with van der Waals surface area (Å²) in [7, 11) is 1.95. The molecule has 0 saturated heterocycles. The molecule has 1 N–H and O–H groups in total. The van der Waals surface area contributed by atoms with Gasteiger partial charge in [0.05, 0.1) is 0 Å². The molecule has 0 aromatic carbocycles. The second-order valence-corrected chi connectivity index (χ2v) is 5.14. The van der Waals surface area contributed by atoms with Gasteiger partial charge in [0, 0.05) is 6.04 Å². The number of hydrogen-bond donors (Lipinski definition) is 1. The molecule has 1 aliphatic rings. The average Bonchev–Trinajstić information content (AvgIpc) is 2.63. The summed E-state index contributed by atoms with van der Waals surface area (Å²) in [6, 6.07) is 0.445. The Morgan fingerprint density at radius 3 is 2.53 bits per heavy atom. The molecule has 2 unspecified atom stereocenters. The number of carboxylic acids is 1. The molecule has 0 heterocycles. The maximum atomic E-state index is 11.2. The Bertz CT molecular complexity index is 238. The van der Waals surface area contributed by atoms with E-state index < -0.39 is 11.5 Å². The quantitative estimate of drug-likeness (QED) is 0.779. The van der Waals surface area contributed by atoms with Gasteiger partial charge >= 0.3 is 5.97 Å². The van der Waals surface area contributed by atoms with Crippen LogP contribution in [0.4, 0.5) is 0 Å². The number of likely N-dealkylation sites (N-methyl/N-ethyl adjacent to an activating group) is 1. The third kappa shape index (κ3) is 2.33. The van der Waals surface area contributed by atoms with E-state index >= 15 is 0 Å². The highest BCUT2D eigenvalue weighted by Gasteiger charge is 2.40. The maximum absolute atomic E-state index is 11.2. The first-order valence-electron chi connectivity index (χ1n) is 5.87. The molecular formula is C12H23NO2. The molecule has 3 heteroatoms. The Kier molecular flexibility index (Phi) is 3.77. The minimum absolute atomic E-state index is 0.445. The Hall–Kier alpha value is -0.570. The molecule has 1 aliphatic carbocycles. The lowest BCUT2D eigenvalue weighted by molar-refractivity contribution is -0.150. The van der Waals surface area contributed by atoms with E-state index in [-0.39, 0.29) is 0 Å². The maximum Gasteiger partial charge on any atom is 0.323 e. The summed E-state index contributed by atoms with van der Waals surface area (Å²) in [5.41, 5.74) is -0.748. The molecule has 0 radical (unpaired) electrons. The minimum Gasteiger partial charge on any atom is -0.480 e. The fourth-order valence-electron chi connectivity index (χ4n) is 2.57. The minimum atomic E-state index is -0.748. The average molecular weight is 213 g/mol. The van der Waals surface area contributed by atoms with E-state index in [9.17, 15) is 9.90 Å². The third-order valence-electron chi connectivity index (χ3n) is 4.05. The molecule has 1 saturated carbocycles. The second kappa shape index (κ2) is 4.52. The van der Waals surface area contributed by atoms with Gasteiger partial charge in [0.2, 0.25) is 0 Å². The van der Waals surface area contributed by atoms with Crippen molar-refractivity contribution in [2.45, 2.75) is 58.0 Å². The molecule has 3 nitrogen and oxygen atoms in total. The van der Waals surface area contributed by atoms with Gasteiger partial charge < -0.3 is 5.11 Å². The lowest BCUT2D eigenvalue weighted by Gasteiger charge is -2.39. The molecule has 1 fully saturated rings. The second-order valence-electron chi connectivity index (χ2n) is 5.14. The Labute approximate surface area is 92.5 Å². The smallest absolute Gasteiger partial charge is 0.323 e. The molecular weight excluding hydrogens is 190 g/mol. The fourth-order valence-corrected chi connectivity index (χ4v) is 2.57. The molecule has 88 valence electrons. The van der Waals surface area contributed by atoms with Gasteiger partial charge in [-0.2, -0.15) is 0 Å². The van der Waals surface area contributed by atoms with E-state index in [1.165, 1.54) is 12.8 Å². The first-order chi connectivity index (χ1) is 6.91. The van der Waals surface area contributed by atoms with Crippen LogP contribution in [0.1, 0.15) is 46.5 Å². The molecule has 0 bridgehead atoms. The van der Waals surface area contributed by atoms with Gasteiger partial charge in [-0.25, -0.2) is 0 Å². The monoisotopic (exact) mass is 213 g/mol. The van der Waals surface area contributed by atoms with Crippen molar-refractivity contribution in [1.29, 1.82) is 0 Å². The normalized spacial score (nSPS) is 27.3. The van der Waals surface area contributed by atoms with Gasteiger partial charge in [0.25, 0.3) is 0 Å². The highest BCUT2D eigenvalue weighted by Crippen LogP contribution is 2.34. The van der Waals surface area contributed by atoms with Crippen molar-refractivity contribution in [3.05, 3.63) is 0 Å². The van der Waals surface area contributed by atoms with Gasteiger partial charge in [0.1, 0.15) is 5.54 Å². The van der Waals surface area contributed by atoms with Crippen molar-refractivity contribution in [3.63, 3.8) is 0 Å². The third-order valence-corrected chi connectivity index (χ3v) is 4.05. The fraction of sp³-hybridized carbons (Fsp3) is 0.917. The first-order valence-corrected chi connectivity index (χ1v) is 5.87. The summed E-state index contributed by atoms with van der Waals surface area (Å²) in [5.74, 6) is -0.0552. The van der Waals surface area contributed by atoms with Crippen LogP contribution in [-0.2, 0) is 4.79 Å². The van der Waals surface area contributed by atoms with Gasteiger partial charge in [0.15, 0.2) is 0 Å². The SMILES string of the molecule is CCC1CCCC1N(C)C(C)(C)C(=O)O. The predicted octanol–water partition coefficient (Wildman–Crippen LogP) is 2.36. The van der Waals surface area contributed by atoms with Gasteiger partial charge in [-0.1, -0.05) is 19.8 Å². The topological polar surface area (TPSA) is 40.5 Å². The molecule has 1 rings (SSSR count). The Balaban J connectivity index is 2.75. The van der Waals surface area contributed by atoms with Crippen molar-refractivity contribution < 1.29 is 9.90 Å².